The van der Waals surface area contributed by atoms with Gasteiger partial charge < -0.3 is 24.1 Å². The number of hydrogen-bond acceptors (Lipinski definition) is 6. The topological polar surface area (TPSA) is 118 Å². The molecule has 0 saturated carbocycles. The highest BCUT2D eigenvalue weighted by atomic mass is 32.2. The van der Waals surface area contributed by atoms with Gasteiger partial charge in [0.05, 0.1) is 12.8 Å². The number of nitrogens with one attached hydrogen (secondary N) is 2. The summed E-state index contributed by atoms with van der Waals surface area (Å²) >= 11 is 0. The first-order valence-electron chi connectivity index (χ1n) is 10.2. The molecular formula is C23H25N3O6S. The van der Waals surface area contributed by atoms with Crippen molar-refractivity contribution in [1.82, 2.24) is 10.2 Å². The SMILES string of the molecule is CCNC(=O)N(Cc1cccc(OS(=O)(=O)c2ccc(NC(C)=O)cc2)c1)Cc1ccco1. The van der Waals surface area contributed by atoms with Gasteiger partial charge in [-0.3, -0.25) is 4.79 Å². The van der Waals surface area contributed by atoms with Gasteiger partial charge in [0, 0.05) is 25.7 Å². The van der Waals surface area contributed by atoms with E-state index < -0.39 is 10.1 Å². The summed E-state index contributed by atoms with van der Waals surface area (Å²) < 4.78 is 36.0. The normalized spacial score (nSPS) is 11.0. The third-order valence-corrected chi connectivity index (χ3v) is 5.74. The van der Waals surface area contributed by atoms with Gasteiger partial charge in [0.2, 0.25) is 5.91 Å². The minimum Gasteiger partial charge on any atom is -0.467 e. The van der Waals surface area contributed by atoms with Crippen molar-refractivity contribution in [2.75, 3.05) is 11.9 Å². The van der Waals surface area contributed by atoms with Gasteiger partial charge >= 0.3 is 16.1 Å². The molecule has 0 spiro atoms. The Kier molecular flexibility index (Phi) is 7.73. The lowest BCUT2D eigenvalue weighted by molar-refractivity contribution is -0.114. The lowest BCUT2D eigenvalue weighted by Gasteiger charge is -2.22. The molecule has 0 radical (unpaired) electrons. The average Bonchev–Trinajstić information content (AvgIpc) is 3.26. The fourth-order valence-corrected chi connectivity index (χ4v) is 3.97. The van der Waals surface area contributed by atoms with Crippen LogP contribution in [0.2, 0.25) is 0 Å². The molecule has 174 valence electrons. The van der Waals surface area contributed by atoms with Gasteiger partial charge in [-0.1, -0.05) is 12.1 Å². The van der Waals surface area contributed by atoms with Crippen LogP contribution in [-0.4, -0.2) is 31.8 Å². The number of urea groups is 1. The zero-order chi connectivity index (χ0) is 23.8. The Balaban J connectivity index is 1.74. The van der Waals surface area contributed by atoms with Crippen LogP contribution in [0.3, 0.4) is 0 Å². The molecule has 33 heavy (non-hydrogen) atoms. The van der Waals surface area contributed by atoms with Crippen molar-refractivity contribution in [3.05, 3.63) is 78.3 Å². The molecule has 3 aromatic rings. The average molecular weight is 472 g/mol. The van der Waals surface area contributed by atoms with Gasteiger partial charge in [0.1, 0.15) is 16.4 Å². The molecule has 9 nitrogen and oxygen atoms in total. The lowest BCUT2D eigenvalue weighted by Crippen LogP contribution is -2.38. The molecule has 0 bridgehead atoms. The van der Waals surface area contributed by atoms with Gasteiger partial charge in [-0.15, -0.1) is 0 Å². The molecule has 0 atom stereocenters. The van der Waals surface area contributed by atoms with Crippen molar-refractivity contribution in [3.63, 3.8) is 0 Å². The number of amides is 3. The number of carbonyl (C=O) groups excluding carboxylic acids is 2. The highest BCUT2D eigenvalue weighted by molar-refractivity contribution is 7.87. The Morgan fingerprint density at radius 2 is 1.79 bits per heavy atom. The first-order valence-corrected chi connectivity index (χ1v) is 11.6. The number of anilines is 1. The van der Waals surface area contributed by atoms with Crippen molar-refractivity contribution < 1.29 is 26.6 Å². The van der Waals surface area contributed by atoms with Crippen molar-refractivity contribution in [3.8, 4) is 5.75 Å². The Bertz CT molecular complexity index is 1190. The van der Waals surface area contributed by atoms with E-state index in [0.29, 0.717) is 23.6 Å². The summed E-state index contributed by atoms with van der Waals surface area (Å²) in [5.74, 6) is 0.485. The second-order valence-electron chi connectivity index (χ2n) is 7.16. The summed E-state index contributed by atoms with van der Waals surface area (Å²) in [7, 11) is -4.09. The Hall–Kier alpha value is -3.79. The summed E-state index contributed by atoms with van der Waals surface area (Å²) in [6.45, 7) is 4.13. The van der Waals surface area contributed by atoms with Crippen LogP contribution in [0.4, 0.5) is 10.5 Å². The molecule has 3 rings (SSSR count). The number of benzene rings is 2. The van der Waals surface area contributed by atoms with E-state index >= 15 is 0 Å². The fourth-order valence-electron chi connectivity index (χ4n) is 3.05. The third kappa shape index (κ3) is 6.84. The van der Waals surface area contributed by atoms with E-state index in [2.05, 4.69) is 10.6 Å². The van der Waals surface area contributed by atoms with Crippen molar-refractivity contribution in [2.45, 2.75) is 31.8 Å². The molecule has 0 aliphatic rings. The molecule has 0 fully saturated rings. The largest absolute Gasteiger partial charge is 0.467 e. The van der Waals surface area contributed by atoms with Gasteiger partial charge in [-0.05, 0) is 61.0 Å². The molecule has 2 N–H and O–H groups in total. The van der Waals surface area contributed by atoms with E-state index in [1.165, 1.54) is 43.5 Å². The maximum absolute atomic E-state index is 12.7. The van der Waals surface area contributed by atoms with Gasteiger partial charge in [-0.25, -0.2) is 4.79 Å². The zero-order valence-electron chi connectivity index (χ0n) is 18.3. The number of carbonyl (C=O) groups is 2. The van der Waals surface area contributed by atoms with Crippen LogP contribution in [-0.2, 0) is 28.0 Å². The maximum atomic E-state index is 12.7. The van der Waals surface area contributed by atoms with Crippen molar-refractivity contribution in [1.29, 1.82) is 0 Å². The maximum Gasteiger partial charge on any atom is 0.339 e. The first kappa shape index (κ1) is 23.9. The second-order valence-corrected chi connectivity index (χ2v) is 8.71. The Labute approximate surface area is 192 Å². The summed E-state index contributed by atoms with van der Waals surface area (Å²) in [5.41, 5.74) is 1.16. The summed E-state index contributed by atoms with van der Waals surface area (Å²) in [6, 6.07) is 15.4. The smallest absolute Gasteiger partial charge is 0.339 e. The van der Waals surface area contributed by atoms with E-state index in [0.717, 1.165) is 0 Å². The number of hydrogen-bond donors (Lipinski definition) is 2. The second kappa shape index (κ2) is 10.7. The first-order chi connectivity index (χ1) is 15.8. The summed E-state index contributed by atoms with van der Waals surface area (Å²) in [5, 5.41) is 5.33. The Morgan fingerprint density at radius 3 is 2.42 bits per heavy atom. The quantitative estimate of drug-likeness (QED) is 0.459. The monoisotopic (exact) mass is 471 g/mol. The van der Waals surface area contributed by atoms with Crippen LogP contribution in [0.15, 0.2) is 76.2 Å². The van der Waals surface area contributed by atoms with Crippen LogP contribution in [0.1, 0.15) is 25.2 Å². The minimum absolute atomic E-state index is 0.0521. The van der Waals surface area contributed by atoms with Crippen LogP contribution in [0.25, 0.3) is 0 Å². The van der Waals surface area contributed by atoms with Crippen LogP contribution >= 0.6 is 0 Å². The fraction of sp³-hybridized carbons (Fsp3) is 0.217. The number of rotatable bonds is 9. The van der Waals surface area contributed by atoms with Crippen molar-refractivity contribution >= 4 is 27.7 Å². The standard InChI is InChI=1S/C23H25N3O6S/c1-3-24-23(28)26(16-21-8-5-13-31-21)15-18-6-4-7-20(14-18)32-33(29,30)22-11-9-19(10-12-22)25-17(2)27/h4-14H,3,15-16H2,1-2H3,(H,24,28)(H,25,27). The van der Waals surface area contributed by atoms with Gasteiger partial charge in [0.25, 0.3) is 0 Å². The highest BCUT2D eigenvalue weighted by Gasteiger charge is 2.19. The molecule has 0 aliphatic carbocycles. The lowest BCUT2D eigenvalue weighted by atomic mass is 10.2. The Morgan fingerprint density at radius 1 is 1.03 bits per heavy atom. The predicted octanol–water partition coefficient (Wildman–Crippen LogP) is 3.74. The number of furan rings is 1. The molecule has 1 heterocycles. The van der Waals surface area contributed by atoms with Crippen LogP contribution < -0.4 is 14.8 Å². The summed E-state index contributed by atoms with van der Waals surface area (Å²) in [4.78, 5) is 25.1. The molecule has 3 amide bonds. The molecule has 10 heteroatoms. The minimum atomic E-state index is -4.09. The van der Waals surface area contributed by atoms with Crippen molar-refractivity contribution in [2.24, 2.45) is 0 Å². The van der Waals surface area contributed by atoms with Gasteiger partial charge in [0.15, 0.2) is 0 Å². The van der Waals surface area contributed by atoms with E-state index in [4.69, 9.17) is 8.60 Å². The molecule has 0 unspecified atom stereocenters. The molecule has 1 aromatic heterocycles. The van der Waals surface area contributed by atoms with Crippen LogP contribution in [0.5, 0.6) is 5.75 Å². The number of nitrogens with zero attached hydrogens (tertiary/aromatic N) is 1. The van der Waals surface area contributed by atoms with Gasteiger partial charge in [-0.2, -0.15) is 8.42 Å². The van der Waals surface area contributed by atoms with E-state index in [-0.39, 0.29) is 35.7 Å². The zero-order valence-corrected chi connectivity index (χ0v) is 19.1. The molecule has 0 aliphatic heterocycles. The molecular weight excluding hydrogens is 446 g/mol. The molecule has 0 saturated heterocycles. The van der Waals surface area contributed by atoms with Crippen LogP contribution in [0, 0.1) is 0 Å². The highest BCUT2D eigenvalue weighted by Crippen LogP contribution is 2.22. The van der Waals surface area contributed by atoms with E-state index in [9.17, 15) is 18.0 Å². The molecule has 2 aromatic carbocycles. The third-order valence-electron chi connectivity index (χ3n) is 4.48. The van der Waals surface area contributed by atoms with E-state index in [1.807, 2.05) is 6.92 Å². The predicted molar refractivity (Wildman–Crippen MR) is 122 cm³/mol. The summed E-state index contributed by atoms with van der Waals surface area (Å²) in [6.07, 6.45) is 1.53. The van der Waals surface area contributed by atoms with E-state index in [1.54, 1.807) is 35.2 Å².